The summed E-state index contributed by atoms with van der Waals surface area (Å²) in [5, 5.41) is 11.5. The molecule has 2 aromatic carbocycles. The second-order valence-corrected chi connectivity index (χ2v) is 7.69. The fourth-order valence-electron chi connectivity index (χ4n) is 3.97. The minimum atomic E-state index is -0.948. The number of carbonyl (C=O) groups is 3. The van der Waals surface area contributed by atoms with Crippen LogP contribution in [0.4, 0.5) is 4.79 Å². The molecule has 0 saturated carbocycles. The van der Waals surface area contributed by atoms with E-state index in [4.69, 9.17) is 9.84 Å². The quantitative estimate of drug-likeness (QED) is 0.641. The molecule has 0 fully saturated rings. The van der Waals surface area contributed by atoms with Crippen LogP contribution in [0.2, 0.25) is 0 Å². The van der Waals surface area contributed by atoms with Gasteiger partial charge in [-0.2, -0.15) is 0 Å². The first-order valence-electron chi connectivity index (χ1n) is 10.5. The average Bonchev–Trinajstić information content (AvgIpc) is 3.06. The number of alkyl carbamates (subject to hydrolysis) is 1. The number of hydrogen-bond acceptors (Lipinski definition) is 4. The summed E-state index contributed by atoms with van der Waals surface area (Å²) in [6, 6.07) is 15.8. The number of nitrogens with one attached hydrogen (secondary N) is 1. The van der Waals surface area contributed by atoms with Crippen LogP contribution in [0.3, 0.4) is 0 Å². The number of hydrogen-bond donors (Lipinski definition) is 2. The molecule has 1 atom stereocenters. The van der Waals surface area contributed by atoms with Gasteiger partial charge in [0, 0.05) is 31.5 Å². The van der Waals surface area contributed by atoms with Crippen molar-refractivity contribution < 1.29 is 24.2 Å². The number of nitrogens with zero attached hydrogens (tertiary/aromatic N) is 1. The molecule has 7 heteroatoms. The molecule has 3 rings (SSSR count). The second kappa shape index (κ2) is 10.1. The Labute approximate surface area is 182 Å². The Balaban J connectivity index is 1.53. The number of benzene rings is 2. The summed E-state index contributed by atoms with van der Waals surface area (Å²) in [7, 11) is 0. The Morgan fingerprint density at radius 2 is 1.65 bits per heavy atom. The van der Waals surface area contributed by atoms with E-state index in [1.807, 2.05) is 24.3 Å². The lowest BCUT2D eigenvalue weighted by atomic mass is 9.98. The largest absolute Gasteiger partial charge is 0.481 e. The van der Waals surface area contributed by atoms with Crippen molar-refractivity contribution in [2.75, 3.05) is 19.7 Å². The minimum Gasteiger partial charge on any atom is -0.481 e. The van der Waals surface area contributed by atoms with Crippen LogP contribution >= 0.6 is 0 Å². The van der Waals surface area contributed by atoms with Crippen LogP contribution in [0.25, 0.3) is 11.1 Å². The number of carboxylic acid groups (broad SMARTS) is 1. The van der Waals surface area contributed by atoms with E-state index >= 15 is 0 Å². The van der Waals surface area contributed by atoms with Crippen LogP contribution in [0.1, 0.15) is 43.7 Å². The molecule has 164 valence electrons. The summed E-state index contributed by atoms with van der Waals surface area (Å²) in [5.41, 5.74) is 4.59. The van der Waals surface area contributed by atoms with Gasteiger partial charge in [-0.3, -0.25) is 9.59 Å². The van der Waals surface area contributed by atoms with Gasteiger partial charge in [0.1, 0.15) is 6.61 Å². The van der Waals surface area contributed by atoms with Crippen molar-refractivity contribution in [3.05, 3.63) is 59.7 Å². The van der Waals surface area contributed by atoms with Crippen LogP contribution in [-0.2, 0) is 14.3 Å². The summed E-state index contributed by atoms with van der Waals surface area (Å²) in [5.74, 6) is -1.17. The van der Waals surface area contributed by atoms with Crippen molar-refractivity contribution in [2.45, 2.75) is 38.6 Å². The highest BCUT2D eigenvalue weighted by atomic mass is 16.5. The minimum absolute atomic E-state index is 0.0262. The zero-order valence-corrected chi connectivity index (χ0v) is 17.8. The third-order valence-corrected chi connectivity index (χ3v) is 5.52. The fraction of sp³-hybridized carbons (Fsp3) is 0.375. The molecular formula is C24H28N2O5. The molecule has 0 bridgehead atoms. The molecule has 7 nitrogen and oxygen atoms in total. The van der Waals surface area contributed by atoms with E-state index < -0.39 is 18.1 Å². The van der Waals surface area contributed by atoms with Crippen LogP contribution in [0.15, 0.2) is 48.5 Å². The Hall–Kier alpha value is -3.35. The van der Waals surface area contributed by atoms with Crippen LogP contribution in [0, 0.1) is 0 Å². The van der Waals surface area contributed by atoms with Gasteiger partial charge >= 0.3 is 12.1 Å². The number of fused-ring (bicyclic) bond motifs is 3. The first kappa shape index (κ1) is 22.3. The number of rotatable bonds is 9. The summed E-state index contributed by atoms with van der Waals surface area (Å²) in [4.78, 5) is 36.9. The average molecular weight is 424 g/mol. The fourth-order valence-corrected chi connectivity index (χ4v) is 3.97. The predicted molar refractivity (Wildman–Crippen MR) is 117 cm³/mol. The van der Waals surface area contributed by atoms with E-state index in [-0.39, 0.29) is 37.8 Å². The molecule has 2 N–H and O–H groups in total. The van der Waals surface area contributed by atoms with E-state index in [2.05, 4.69) is 29.6 Å². The van der Waals surface area contributed by atoms with Gasteiger partial charge in [-0.05, 0) is 36.1 Å². The Bertz CT molecular complexity index is 913. The van der Waals surface area contributed by atoms with Gasteiger partial charge in [0.25, 0.3) is 0 Å². The van der Waals surface area contributed by atoms with E-state index in [9.17, 15) is 14.4 Å². The highest BCUT2D eigenvalue weighted by Gasteiger charge is 2.29. The zero-order valence-electron chi connectivity index (χ0n) is 17.8. The molecule has 0 spiro atoms. The maximum Gasteiger partial charge on any atom is 0.407 e. The first-order valence-corrected chi connectivity index (χ1v) is 10.5. The van der Waals surface area contributed by atoms with Crippen LogP contribution in [0.5, 0.6) is 0 Å². The van der Waals surface area contributed by atoms with E-state index in [0.717, 1.165) is 22.3 Å². The molecular weight excluding hydrogens is 396 g/mol. The number of amides is 2. The van der Waals surface area contributed by atoms with Crippen molar-refractivity contribution in [3.8, 4) is 11.1 Å². The number of carboxylic acids is 1. The molecule has 0 saturated heterocycles. The highest BCUT2D eigenvalue weighted by Crippen LogP contribution is 2.44. The number of aliphatic carboxylic acids is 1. The topological polar surface area (TPSA) is 95.9 Å². The van der Waals surface area contributed by atoms with Crippen LogP contribution in [-0.4, -0.2) is 53.7 Å². The smallest absolute Gasteiger partial charge is 0.407 e. The maximum absolute atomic E-state index is 12.4. The van der Waals surface area contributed by atoms with Gasteiger partial charge in [-0.15, -0.1) is 0 Å². The molecule has 0 radical (unpaired) electrons. The lowest BCUT2D eigenvalue weighted by Crippen LogP contribution is -2.40. The number of ether oxygens (including phenoxy) is 1. The molecule has 0 aromatic heterocycles. The SMILES string of the molecule is CCN(CCC(=O)O)C(=O)C[C@H](C)NC(=O)OCC1c2ccccc2-c2ccccc21. The normalized spacial score (nSPS) is 13.1. The maximum atomic E-state index is 12.4. The lowest BCUT2D eigenvalue weighted by molar-refractivity contribution is -0.138. The van der Waals surface area contributed by atoms with Crippen molar-refractivity contribution in [3.63, 3.8) is 0 Å². The molecule has 0 aliphatic heterocycles. The van der Waals surface area contributed by atoms with Gasteiger partial charge in [0.05, 0.1) is 6.42 Å². The predicted octanol–water partition coefficient (Wildman–Crippen LogP) is 3.63. The van der Waals surface area contributed by atoms with E-state index in [1.165, 1.54) is 4.90 Å². The number of carbonyl (C=O) groups excluding carboxylic acids is 2. The molecule has 31 heavy (non-hydrogen) atoms. The van der Waals surface area contributed by atoms with Crippen LogP contribution < -0.4 is 5.32 Å². The second-order valence-electron chi connectivity index (χ2n) is 7.69. The molecule has 1 aliphatic rings. The van der Waals surface area contributed by atoms with E-state index in [1.54, 1.807) is 13.8 Å². The molecule has 0 unspecified atom stereocenters. The van der Waals surface area contributed by atoms with Gasteiger partial charge in [0.15, 0.2) is 0 Å². The molecule has 2 aromatic rings. The Morgan fingerprint density at radius 3 is 2.19 bits per heavy atom. The summed E-state index contributed by atoms with van der Waals surface area (Å²) in [6.07, 6.45) is -0.596. The third kappa shape index (κ3) is 5.42. The third-order valence-electron chi connectivity index (χ3n) is 5.52. The summed E-state index contributed by atoms with van der Waals surface area (Å²) in [6.45, 7) is 4.31. The van der Waals surface area contributed by atoms with Crippen molar-refractivity contribution in [1.82, 2.24) is 10.2 Å². The molecule has 2 amide bonds. The van der Waals surface area contributed by atoms with Crippen molar-refractivity contribution in [2.24, 2.45) is 0 Å². The van der Waals surface area contributed by atoms with Gasteiger partial charge in [-0.1, -0.05) is 48.5 Å². The van der Waals surface area contributed by atoms with E-state index in [0.29, 0.717) is 6.54 Å². The first-order chi connectivity index (χ1) is 14.9. The van der Waals surface area contributed by atoms with Gasteiger partial charge in [0.2, 0.25) is 5.91 Å². The molecule has 1 aliphatic carbocycles. The van der Waals surface area contributed by atoms with Gasteiger partial charge in [-0.25, -0.2) is 4.79 Å². The summed E-state index contributed by atoms with van der Waals surface area (Å²) >= 11 is 0. The van der Waals surface area contributed by atoms with Crippen molar-refractivity contribution >= 4 is 18.0 Å². The lowest BCUT2D eigenvalue weighted by Gasteiger charge is -2.22. The zero-order chi connectivity index (χ0) is 22.4. The standard InChI is InChI=1S/C24H28N2O5/c1-3-26(13-12-23(28)29)22(27)14-16(2)25-24(30)31-15-21-19-10-6-4-8-17(19)18-9-5-7-11-20(18)21/h4-11,16,21H,3,12-15H2,1-2H3,(H,25,30)(H,28,29)/t16-/m0/s1. The van der Waals surface area contributed by atoms with Crippen molar-refractivity contribution in [1.29, 1.82) is 0 Å². The highest BCUT2D eigenvalue weighted by molar-refractivity contribution is 5.80. The monoisotopic (exact) mass is 424 g/mol. The Kier molecular flexibility index (Phi) is 7.28. The van der Waals surface area contributed by atoms with Gasteiger partial charge < -0.3 is 20.1 Å². The summed E-state index contributed by atoms with van der Waals surface area (Å²) < 4.78 is 5.51. The molecule has 0 heterocycles. The Morgan fingerprint density at radius 1 is 1.06 bits per heavy atom.